The summed E-state index contributed by atoms with van der Waals surface area (Å²) in [6, 6.07) is 17.7. The second kappa shape index (κ2) is 12.4. The summed E-state index contributed by atoms with van der Waals surface area (Å²) in [4.78, 5) is 18.3. The molecule has 2 heterocycles. The number of aliphatic imine (C=N–C) groups is 1. The van der Waals surface area contributed by atoms with Crippen LogP contribution < -0.4 is 25.0 Å². The zero-order valence-corrected chi connectivity index (χ0v) is 22.5. The number of aromatic nitrogens is 2. The van der Waals surface area contributed by atoms with E-state index in [0.29, 0.717) is 23.6 Å². The molecule has 10 heteroatoms. The molecule has 2 aromatic carbocycles. The molecule has 4 rings (SSSR count). The number of nitrogens with one attached hydrogen (secondary N) is 2. The lowest BCUT2D eigenvalue weighted by atomic mass is 10.2. The Hall–Kier alpha value is -3.92. The van der Waals surface area contributed by atoms with Crippen LogP contribution in [0.5, 0.6) is 11.5 Å². The topological polar surface area (TPSA) is 87.1 Å². The highest BCUT2D eigenvalue weighted by molar-refractivity contribution is 7.80. The van der Waals surface area contributed by atoms with Crippen LogP contribution in [0.3, 0.4) is 0 Å². The van der Waals surface area contributed by atoms with Crippen molar-refractivity contribution in [3.8, 4) is 11.5 Å². The van der Waals surface area contributed by atoms with Crippen LogP contribution in [0.15, 0.2) is 59.6 Å². The summed E-state index contributed by atoms with van der Waals surface area (Å²) in [5.41, 5.74) is 3.77. The minimum Gasteiger partial charge on any atom is -0.497 e. The van der Waals surface area contributed by atoms with E-state index in [1.807, 2.05) is 63.2 Å². The predicted octanol–water partition coefficient (Wildman–Crippen LogP) is 4.49. The Balaban J connectivity index is 1.49. The predicted molar refractivity (Wildman–Crippen MR) is 153 cm³/mol. The van der Waals surface area contributed by atoms with Gasteiger partial charge in [0, 0.05) is 48.9 Å². The molecule has 3 aromatic rings. The van der Waals surface area contributed by atoms with Crippen LogP contribution in [0.25, 0.3) is 0 Å². The van der Waals surface area contributed by atoms with Crippen LogP contribution in [0.4, 0.5) is 17.3 Å². The third-order valence-corrected chi connectivity index (χ3v) is 6.04. The lowest BCUT2D eigenvalue weighted by Gasteiger charge is -2.37. The van der Waals surface area contributed by atoms with Gasteiger partial charge in [-0.2, -0.15) is 4.99 Å². The molecule has 2 N–H and O–H groups in total. The molecule has 1 fully saturated rings. The summed E-state index contributed by atoms with van der Waals surface area (Å²) in [6.45, 7) is 9.66. The molecule has 1 aromatic heterocycles. The van der Waals surface area contributed by atoms with Gasteiger partial charge in [0.15, 0.2) is 0 Å². The number of nitrogens with zero attached hydrogens (tertiary/aromatic N) is 5. The first-order valence-electron chi connectivity index (χ1n) is 12.3. The molecule has 37 heavy (non-hydrogen) atoms. The largest absolute Gasteiger partial charge is 0.497 e. The van der Waals surface area contributed by atoms with Gasteiger partial charge in [0.2, 0.25) is 17.0 Å². The number of anilines is 3. The van der Waals surface area contributed by atoms with E-state index in [9.17, 15) is 0 Å². The van der Waals surface area contributed by atoms with Crippen LogP contribution in [0, 0.1) is 13.8 Å². The summed E-state index contributed by atoms with van der Waals surface area (Å²) >= 11 is 5.60. The maximum absolute atomic E-state index is 5.60. The summed E-state index contributed by atoms with van der Waals surface area (Å²) in [5.74, 6) is 2.77. The first-order chi connectivity index (χ1) is 17.9. The molecular weight excluding hydrogens is 486 g/mol. The molecule has 0 spiro atoms. The van der Waals surface area contributed by atoms with Crippen molar-refractivity contribution in [3.63, 3.8) is 0 Å². The van der Waals surface area contributed by atoms with Crippen molar-refractivity contribution in [2.24, 2.45) is 4.99 Å². The smallest absolute Gasteiger partial charge is 0.229 e. The Morgan fingerprint density at radius 3 is 2.14 bits per heavy atom. The average Bonchev–Trinajstić information content (AvgIpc) is 2.89. The molecule has 0 aliphatic carbocycles. The molecule has 0 unspecified atom stereocenters. The summed E-state index contributed by atoms with van der Waals surface area (Å²) in [5, 5.41) is 6.85. The molecule has 1 saturated heterocycles. The lowest BCUT2D eigenvalue weighted by Crippen LogP contribution is -2.51. The Labute approximate surface area is 223 Å². The van der Waals surface area contributed by atoms with Gasteiger partial charge in [0.05, 0.1) is 13.7 Å². The van der Waals surface area contributed by atoms with Gasteiger partial charge in [-0.15, -0.1) is 0 Å². The molecule has 0 amide bonds. The van der Waals surface area contributed by atoms with Crippen molar-refractivity contribution in [2.45, 2.75) is 20.8 Å². The SMILES string of the molecule is CCOc1ccc(NC(=S)/N=C(/Nc2nc(C)cc(C)n2)N2CCN(c3ccc(OC)cc3)CC2)cc1. The Kier molecular flexibility index (Phi) is 8.73. The molecule has 9 nitrogen and oxygen atoms in total. The van der Waals surface area contributed by atoms with Gasteiger partial charge in [-0.25, -0.2) is 9.97 Å². The van der Waals surface area contributed by atoms with Gasteiger partial charge in [-0.1, -0.05) is 0 Å². The van der Waals surface area contributed by atoms with Crippen LogP contribution in [-0.2, 0) is 0 Å². The highest BCUT2D eigenvalue weighted by Gasteiger charge is 2.22. The highest BCUT2D eigenvalue weighted by atomic mass is 32.1. The average molecular weight is 520 g/mol. The maximum Gasteiger partial charge on any atom is 0.229 e. The Bertz CT molecular complexity index is 1200. The zero-order valence-electron chi connectivity index (χ0n) is 21.7. The van der Waals surface area contributed by atoms with E-state index < -0.39 is 0 Å². The first-order valence-corrected chi connectivity index (χ1v) is 12.7. The van der Waals surface area contributed by atoms with Gasteiger partial charge in [-0.05, 0) is 87.6 Å². The van der Waals surface area contributed by atoms with E-state index in [4.69, 9.17) is 26.7 Å². The van der Waals surface area contributed by atoms with Crippen molar-refractivity contribution in [1.82, 2.24) is 14.9 Å². The van der Waals surface area contributed by atoms with E-state index >= 15 is 0 Å². The quantitative estimate of drug-likeness (QED) is 0.278. The monoisotopic (exact) mass is 519 g/mol. The Morgan fingerprint density at radius 1 is 0.919 bits per heavy atom. The van der Waals surface area contributed by atoms with Crippen molar-refractivity contribution in [3.05, 3.63) is 66.0 Å². The minimum atomic E-state index is 0.341. The number of rotatable bonds is 6. The van der Waals surface area contributed by atoms with E-state index in [2.05, 4.69) is 42.5 Å². The number of ether oxygens (including phenoxy) is 2. The molecule has 0 radical (unpaired) electrons. The fraction of sp³-hybridized carbons (Fsp3) is 0.333. The normalized spacial score (nSPS) is 13.8. The van der Waals surface area contributed by atoms with Gasteiger partial charge in [-0.3, -0.25) is 5.32 Å². The third kappa shape index (κ3) is 7.29. The van der Waals surface area contributed by atoms with Crippen molar-refractivity contribution >= 4 is 40.6 Å². The number of methoxy groups -OCH3 is 1. The molecule has 1 aliphatic heterocycles. The van der Waals surface area contributed by atoms with Crippen molar-refractivity contribution in [1.29, 1.82) is 0 Å². The number of hydrogen-bond donors (Lipinski definition) is 2. The van der Waals surface area contributed by atoms with E-state index in [-0.39, 0.29) is 0 Å². The molecule has 1 aliphatic rings. The second-order valence-corrected chi connectivity index (χ2v) is 8.98. The van der Waals surface area contributed by atoms with Crippen molar-refractivity contribution in [2.75, 3.05) is 55.4 Å². The van der Waals surface area contributed by atoms with Crippen LogP contribution in [0.1, 0.15) is 18.3 Å². The number of hydrogen-bond acceptors (Lipinski definition) is 6. The maximum atomic E-state index is 5.60. The standard InChI is InChI=1S/C27H33N7O2S/c1-5-36-24-10-6-21(7-11-24)30-27(37)32-26(31-25-28-19(2)18-20(3)29-25)34-16-14-33(15-17-34)22-8-12-23(35-4)13-9-22/h6-13,18H,5,14-17H2,1-4H3,(H2,28,29,30,31,32,37). The summed E-state index contributed by atoms with van der Waals surface area (Å²) in [6.07, 6.45) is 0. The summed E-state index contributed by atoms with van der Waals surface area (Å²) in [7, 11) is 1.68. The fourth-order valence-electron chi connectivity index (χ4n) is 4.08. The zero-order chi connectivity index (χ0) is 26.2. The van der Waals surface area contributed by atoms with Crippen LogP contribution in [-0.4, -0.2) is 65.8 Å². The molecular formula is C27H33N7O2S. The fourth-order valence-corrected chi connectivity index (χ4v) is 4.28. The number of guanidine groups is 1. The summed E-state index contributed by atoms with van der Waals surface area (Å²) < 4.78 is 10.8. The van der Waals surface area contributed by atoms with Crippen LogP contribution >= 0.6 is 12.2 Å². The Morgan fingerprint density at radius 2 is 1.54 bits per heavy atom. The van der Waals surface area contributed by atoms with Gasteiger partial charge in [0.25, 0.3) is 0 Å². The van der Waals surface area contributed by atoms with Crippen LogP contribution in [0.2, 0.25) is 0 Å². The highest BCUT2D eigenvalue weighted by Crippen LogP contribution is 2.21. The minimum absolute atomic E-state index is 0.341. The first kappa shape index (κ1) is 26.2. The second-order valence-electron chi connectivity index (χ2n) is 8.59. The van der Waals surface area contributed by atoms with Gasteiger partial charge < -0.3 is 24.6 Å². The number of benzene rings is 2. The number of thiocarbonyl (C=S) groups is 1. The molecule has 0 saturated carbocycles. The van der Waals surface area contributed by atoms with Gasteiger partial charge >= 0.3 is 0 Å². The van der Waals surface area contributed by atoms with Gasteiger partial charge in [0.1, 0.15) is 11.5 Å². The molecule has 0 atom stereocenters. The number of piperazine rings is 1. The lowest BCUT2D eigenvalue weighted by molar-refractivity contribution is 0.340. The van der Waals surface area contributed by atoms with E-state index in [0.717, 1.165) is 60.4 Å². The van der Waals surface area contributed by atoms with Crippen molar-refractivity contribution < 1.29 is 9.47 Å². The number of aryl methyl sites for hydroxylation is 2. The molecule has 0 bridgehead atoms. The van der Waals surface area contributed by atoms with E-state index in [1.165, 1.54) is 0 Å². The van der Waals surface area contributed by atoms with E-state index in [1.54, 1.807) is 7.11 Å². The third-order valence-electron chi connectivity index (χ3n) is 5.85. The molecule has 194 valence electrons.